The van der Waals surface area contributed by atoms with Crippen LogP contribution in [-0.4, -0.2) is 7.12 Å². The quantitative estimate of drug-likeness (QED) is 0.169. The summed E-state index contributed by atoms with van der Waals surface area (Å²) in [6.07, 6.45) is 0. The fraction of sp³-hybridized carbons (Fsp3) is 0.0667. The summed E-state index contributed by atoms with van der Waals surface area (Å²) < 4.78 is 13.0. The van der Waals surface area contributed by atoms with E-state index >= 15 is 0 Å². The third-order valence-electron chi connectivity index (χ3n) is 11.0. The third-order valence-corrected chi connectivity index (χ3v) is 11.0. The molecule has 0 saturated heterocycles. The summed E-state index contributed by atoms with van der Waals surface area (Å²) >= 11 is 0. The molecule has 3 heterocycles. The van der Waals surface area contributed by atoms with Crippen LogP contribution in [-0.2, 0) is 5.41 Å². The molecule has 0 amide bonds. The van der Waals surface area contributed by atoms with Crippen LogP contribution in [0.2, 0.25) is 0 Å². The molecule has 7 aromatic rings. The zero-order valence-corrected chi connectivity index (χ0v) is 27.2. The highest BCUT2D eigenvalue weighted by atomic mass is 16.6. The molecule has 7 aromatic carbocycles. The molecule has 0 saturated carbocycles. The highest BCUT2D eigenvalue weighted by molar-refractivity contribution is 6.68. The van der Waals surface area contributed by atoms with Crippen molar-refractivity contribution in [2.24, 2.45) is 0 Å². The number of benzene rings is 7. The fourth-order valence-corrected chi connectivity index (χ4v) is 9.08. The van der Waals surface area contributed by atoms with Gasteiger partial charge in [-0.05, 0) is 94.8 Å². The van der Waals surface area contributed by atoms with Crippen LogP contribution < -0.4 is 19.7 Å². The molecule has 4 aliphatic rings. The van der Waals surface area contributed by atoms with Gasteiger partial charge in [0.25, 0.3) is 0 Å². The number of fused-ring (bicyclic) bond motifs is 13. The van der Waals surface area contributed by atoms with Crippen LogP contribution in [0.1, 0.15) is 33.4 Å². The maximum atomic E-state index is 6.51. The molecular weight excluding hydrogens is 597 g/mol. The number of hydrogen-bond acceptors (Lipinski definition) is 3. The van der Waals surface area contributed by atoms with E-state index in [0.29, 0.717) is 0 Å². The van der Waals surface area contributed by atoms with Crippen molar-refractivity contribution in [2.75, 3.05) is 4.90 Å². The molecule has 3 aliphatic heterocycles. The minimum absolute atomic E-state index is 0.457. The van der Waals surface area contributed by atoms with Gasteiger partial charge < -0.3 is 14.2 Å². The second-order valence-corrected chi connectivity index (χ2v) is 13.7. The van der Waals surface area contributed by atoms with Crippen LogP contribution in [0.25, 0.3) is 33.4 Å². The van der Waals surface area contributed by atoms with Crippen molar-refractivity contribution in [3.63, 3.8) is 0 Å². The molecule has 49 heavy (non-hydrogen) atoms. The highest BCUT2D eigenvalue weighted by Crippen LogP contribution is 2.64. The van der Waals surface area contributed by atoms with Crippen molar-refractivity contribution in [2.45, 2.75) is 19.3 Å². The predicted octanol–water partition coefficient (Wildman–Crippen LogP) is 10.3. The molecule has 230 valence electrons. The van der Waals surface area contributed by atoms with E-state index in [1.165, 1.54) is 55.9 Å². The summed E-state index contributed by atoms with van der Waals surface area (Å²) in [6, 6.07) is 53.5. The Morgan fingerprint density at radius 2 is 0.898 bits per heavy atom. The van der Waals surface area contributed by atoms with Gasteiger partial charge in [-0.25, -0.2) is 0 Å². The van der Waals surface area contributed by atoms with Gasteiger partial charge in [0.15, 0.2) is 0 Å². The largest absolute Gasteiger partial charge is 0.633 e. The van der Waals surface area contributed by atoms with Crippen molar-refractivity contribution in [1.29, 1.82) is 0 Å². The van der Waals surface area contributed by atoms with Crippen LogP contribution in [0.5, 0.6) is 11.5 Å². The molecule has 1 aliphatic carbocycles. The van der Waals surface area contributed by atoms with Crippen LogP contribution in [0.15, 0.2) is 146 Å². The van der Waals surface area contributed by atoms with E-state index in [2.05, 4.69) is 140 Å². The van der Waals surface area contributed by atoms with Crippen LogP contribution >= 0.6 is 0 Å². The Kier molecular flexibility index (Phi) is 5.26. The maximum absolute atomic E-state index is 6.51. The van der Waals surface area contributed by atoms with Gasteiger partial charge in [0.1, 0.15) is 11.5 Å². The second kappa shape index (κ2) is 9.55. The Bertz CT molecular complexity index is 2400. The van der Waals surface area contributed by atoms with Gasteiger partial charge in [-0.3, -0.25) is 0 Å². The number of para-hydroxylation sites is 2. The Labute approximate surface area is 286 Å². The summed E-state index contributed by atoms with van der Waals surface area (Å²) in [5.41, 5.74) is 19.0. The molecule has 0 atom stereocenters. The Morgan fingerprint density at radius 1 is 0.449 bits per heavy atom. The van der Waals surface area contributed by atoms with E-state index < -0.39 is 12.5 Å². The Balaban J connectivity index is 1.26. The monoisotopic (exact) mass is 627 g/mol. The first-order valence-electron chi connectivity index (χ1n) is 17.0. The van der Waals surface area contributed by atoms with E-state index in [1.807, 2.05) is 24.3 Å². The SMILES string of the molecule is Cc1ccc2c(c1)C1(c3ccccc3-c3ccccc31)c1cc(C)ccc1N2c1cc2c3c(c1)-c1ccccc1OB3Oc1ccccc1-2. The van der Waals surface area contributed by atoms with Gasteiger partial charge >= 0.3 is 7.12 Å². The minimum atomic E-state index is -0.509. The molecular formula is C45H30BNO2. The van der Waals surface area contributed by atoms with E-state index in [9.17, 15) is 0 Å². The minimum Gasteiger partial charge on any atom is -0.521 e. The molecule has 1 spiro atoms. The summed E-state index contributed by atoms with van der Waals surface area (Å²) in [5, 5.41) is 0. The van der Waals surface area contributed by atoms with Gasteiger partial charge in [0.05, 0.1) is 16.8 Å². The number of nitrogens with zero attached hydrogens (tertiary/aromatic N) is 1. The highest BCUT2D eigenvalue weighted by Gasteiger charge is 2.52. The van der Waals surface area contributed by atoms with Crippen molar-refractivity contribution >= 4 is 29.6 Å². The van der Waals surface area contributed by atoms with Crippen LogP contribution in [0, 0.1) is 13.8 Å². The lowest BCUT2D eigenvalue weighted by Crippen LogP contribution is -2.49. The van der Waals surface area contributed by atoms with E-state index in [-0.39, 0.29) is 0 Å². The molecule has 0 bridgehead atoms. The van der Waals surface area contributed by atoms with Gasteiger partial charge in [-0.15, -0.1) is 0 Å². The topological polar surface area (TPSA) is 21.7 Å². The molecule has 0 unspecified atom stereocenters. The molecule has 0 aromatic heterocycles. The van der Waals surface area contributed by atoms with Crippen molar-refractivity contribution in [3.8, 4) is 44.9 Å². The standard InChI is InChI=1S/C45H30BNO2/c1-27-19-21-40-38(23-27)45(36-15-7-3-11-30(36)31-12-4-8-16-37(31)45)39-24-28(2)20-22-41(39)47(40)29-25-34-32-13-5-9-17-42(32)48-46-44(34)35(26-29)33-14-6-10-18-43(33)49-46/h3-26H,1-2H3. The first-order chi connectivity index (χ1) is 24.1. The molecule has 3 nitrogen and oxygen atoms in total. The van der Waals surface area contributed by atoms with Gasteiger partial charge in [-0.1, -0.05) is 120 Å². The van der Waals surface area contributed by atoms with Crippen molar-refractivity contribution in [1.82, 2.24) is 0 Å². The molecule has 4 heteroatoms. The molecule has 0 N–H and O–H groups in total. The Hall–Kier alpha value is -6.00. The smallest absolute Gasteiger partial charge is 0.521 e. The normalized spacial score (nSPS) is 14.7. The van der Waals surface area contributed by atoms with E-state index in [1.54, 1.807) is 0 Å². The lowest BCUT2D eigenvalue weighted by molar-refractivity contribution is 0.436. The molecule has 11 rings (SSSR count). The average molecular weight is 628 g/mol. The summed E-state index contributed by atoms with van der Waals surface area (Å²) in [7, 11) is -0.509. The second-order valence-electron chi connectivity index (χ2n) is 13.7. The number of hydrogen-bond donors (Lipinski definition) is 0. The number of rotatable bonds is 1. The van der Waals surface area contributed by atoms with Gasteiger partial charge in [0.2, 0.25) is 0 Å². The Morgan fingerprint density at radius 3 is 1.41 bits per heavy atom. The summed E-state index contributed by atoms with van der Waals surface area (Å²) in [4.78, 5) is 2.50. The van der Waals surface area contributed by atoms with E-state index in [0.717, 1.165) is 44.9 Å². The lowest BCUT2D eigenvalue weighted by atomic mass is 9.64. The summed E-state index contributed by atoms with van der Waals surface area (Å²) in [6.45, 7) is 4.43. The van der Waals surface area contributed by atoms with Crippen molar-refractivity contribution in [3.05, 3.63) is 179 Å². The number of aryl methyl sites for hydroxylation is 2. The predicted molar refractivity (Wildman–Crippen MR) is 199 cm³/mol. The lowest BCUT2D eigenvalue weighted by Gasteiger charge is -2.45. The van der Waals surface area contributed by atoms with Crippen LogP contribution in [0.4, 0.5) is 17.1 Å². The average Bonchev–Trinajstić information content (AvgIpc) is 3.43. The third kappa shape index (κ3) is 3.43. The fourth-order valence-electron chi connectivity index (χ4n) is 9.08. The number of anilines is 3. The van der Waals surface area contributed by atoms with Crippen molar-refractivity contribution < 1.29 is 9.31 Å². The van der Waals surface area contributed by atoms with E-state index in [4.69, 9.17) is 9.31 Å². The first-order valence-corrected chi connectivity index (χ1v) is 17.0. The zero-order chi connectivity index (χ0) is 32.4. The van der Waals surface area contributed by atoms with Crippen LogP contribution in [0.3, 0.4) is 0 Å². The van der Waals surface area contributed by atoms with Gasteiger partial charge in [-0.2, -0.15) is 0 Å². The molecule has 0 fully saturated rings. The first kappa shape index (κ1) is 27.0. The van der Waals surface area contributed by atoms with Gasteiger partial charge in [0, 0.05) is 22.3 Å². The maximum Gasteiger partial charge on any atom is 0.633 e. The molecule has 0 radical (unpaired) electrons. The summed E-state index contributed by atoms with van der Waals surface area (Å²) in [5.74, 6) is 1.68. The zero-order valence-electron chi connectivity index (χ0n) is 27.2.